The minimum Gasteiger partial charge on any atom is -0.390 e. The van der Waals surface area contributed by atoms with Gasteiger partial charge in [-0.05, 0) is 26.2 Å². The fraction of sp³-hybridized carbons (Fsp3) is 1.00. The van der Waals surface area contributed by atoms with Crippen molar-refractivity contribution in [1.82, 2.24) is 4.90 Å². The van der Waals surface area contributed by atoms with E-state index in [1.54, 1.807) is 7.11 Å². The van der Waals surface area contributed by atoms with Crippen LogP contribution in [0.25, 0.3) is 0 Å². The molecule has 1 saturated heterocycles. The Bertz CT molecular complexity index is 315. The molecule has 2 rings (SSSR count). The second kappa shape index (κ2) is 7.88. The Morgan fingerprint density at radius 1 is 1.29 bits per heavy atom. The number of likely N-dealkylation sites (tertiary alicyclic amines) is 1. The third-order valence-electron chi connectivity index (χ3n) is 4.96. The van der Waals surface area contributed by atoms with Gasteiger partial charge in [0.15, 0.2) is 0 Å². The average molecular weight is 301 g/mol. The van der Waals surface area contributed by atoms with Gasteiger partial charge < -0.3 is 24.6 Å². The van der Waals surface area contributed by atoms with Crippen molar-refractivity contribution in [2.75, 3.05) is 40.0 Å². The molecule has 124 valence electrons. The molecule has 0 aromatic rings. The zero-order valence-electron chi connectivity index (χ0n) is 13.5. The first-order chi connectivity index (χ1) is 10.0. The van der Waals surface area contributed by atoms with E-state index in [0.717, 1.165) is 38.8 Å². The fourth-order valence-electron chi connectivity index (χ4n) is 3.71. The zero-order valence-corrected chi connectivity index (χ0v) is 13.5. The van der Waals surface area contributed by atoms with Crippen LogP contribution in [0.2, 0.25) is 0 Å². The lowest BCUT2D eigenvalue weighted by Crippen LogP contribution is -2.54. The molecule has 1 aliphatic carbocycles. The molecule has 1 aliphatic heterocycles. The molecule has 5 nitrogen and oxygen atoms in total. The predicted molar refractivity (Wildman–Crippen MR) is 81.3 cm³/mol. The largest absolute Gasteiger partial charge is 0.390 e. The Labute approximate surface area is 128 Å². The standard InChI is InChI=1S/C16H31NO4/c1-13(11-20-2)21-12-15(18)10-17-8-7-16(19)6-4-3-5-14(16)9-17/h13-15,18-19H,3-12H2,1-2H3. The van der Waals surface area contributed by atoms with E-state index in [4.69, 9.17) is 9.47 Å². The van der Waals surface area contributed by atoms with Gasteiger partial charge in [0.05, 0.1) is 31.0 Å². The van der Waals surface area contributed by atoms with Crippen molar-refractivity contribution in [1.29, 1.82) is 0 Å². The molecular weight excluding hydrogens is 270 g/mol. The highest BCUT2D eigenvalue weighted by atomic mass is 16.5. The van der Waals surface area contributed by atoms with Gasteiger partial charge >= 0.3 is 0 Å². The van der Waals surface area contributed by atoms with E-state index in [9.17, 15) is 10.2 Å². The molecule has 1 heterocycles. The number of aliphatic hydroxyl groups is 2. The van der Waals surface area contributed by atoms with Gasteiger partial charge in [-0.3, -0.25) is 0 Å². The summed E-state index contributed by atoms with van der Waals surface area (Å²) >= 11 is 0. The van der Waals surface area contributed by atoms with Crippen molar-refractivity contribution >= 4 is 0 Å². The normalized spacial score (nSPS) is 33.4. The van der Waals surface area contributed by atoms with E-state index in [1.165, 1.54) is 6.42 Å². The van der Waals surface area contributed by atoms with Gasteiger partial charge in [0.1, 0.15) is 0 Å². The molecule has 0 bridgehead atoms. The summed E-state index contributed by atoms with van der Waals surface area (Å²) in [6.45, 7) is 5.24. The van der Waals surface area contributed by atoms with Crippen LogP contribution in [0.15, 0.2) is 0 Å². The van der Waals surface area contributed by atoms with Crippen molar-refractivity contribution in [2.24, 2.45) is 5.92 Å². The van der Waals surface area contributed by atoms with Crippen LogP contribution in [0.3, 0.4) is 0 Å². The van der Waals surface area contributed by atoms with Gasteiger partial charge in [-0.2, -0.15) is 0 Å². The fourth-order valence-corrected chi connectivity index (χ4v) is 3.71. The molecular formula is C16H31NO4. The van der Waals surface area contributed by atoms with Crippen LogP contribution in [0.5, 0.6) is 0 Å². The van der Waals surface area contributed by atoms with E-state index >= 15 is 0 Å². The molecule has 5 heteroatoms. The lowest BCUT2D eigenvalue weighted by atomic mass is 9.71. The molecule has 0 amide bonds. The Balaban J connectivity index is 1.71. The summed E-state index contributed by atoms with van der Waals surface area (Å²) in [7, 11) is 1.65. The highest BCUT2D eigenvalue weighted by Gasteiger charge is 2.42. The van der Waals surface area contributed by atoms with Crippen molar-refractivity contribution in [3.05, 3.63) is 0 Å². The maximum atomic E-state index is 10.7. The number of β-amino-alcohol motifs (C(OH)–C–C–N with tert-alkyl or cyclic N) is 1. The number of hydrogen-bond acceptors (Lipinski definition) is 5. The Morgan fingerprint density at radius 3 is 2.86 bits per heavy atom. The van der Waals surface area contributed by atoms with Gasteiger partial charge in [0, 0.05) is 32.7 Å². The number of methoxy groups -OCH3 is 1. The topological polar surface area (TPSA) is 62.2 Å². The SMILES string of the molecule is COCC(C)OCC(O)CN1CCC2(O)CCCCC2C1. The third-order valence-corrected chi connectivity index (χ3v) is 4.96. The molecule has 4 unspecified atom stereocenters. The molecule has 1 saturated carbocycles. The number of rotatable bonds is 7. The monoisotopic (exact) mass is 301 g/mol. The first kappa shape index (κ1) is 17.2. The van der Waals surface area contributed by atoms with E-state index < -0.39 is 11.7 Å². The van der Waals surface area contributed by atoms with Crippen LogP contribution in [-0.2, 0) is 9.47 Å². The average Bonchev–Trinajstić information content (AvgIpc) is 2.46. The van der Waals surface area contributed by atoms with Gasteiger partial charge in [-0.25, -0.2) is 0 Å². The second-order valence-corrected chi connectivity index (χ2v) is 6.81. The number of nitrogens with zero attached hydrogens (tertiary/aromatic N) is 1. The van der Waals surface area contributed by atoms with Crippen LogP contribution in [0, 0.1) is 5.92 Å². The van der Waals surface area contributed by atoms with Crippen molar-refractivity contribution in [2.45, 2.75) is 56.8 Å². The third kappa shape index (κ3) is 4.89. The van der Waals surface area contributed by atoms with Gasteiger partial charge in [-0.1, -0.05) is 12.8 Å². The minimum atomic E-state index is -0.473. The summed E-state index contributed by atoms with van der Waals surface area (Å²) in [6.07, 6.45) is 4.82. The Hall–Kier alpha value is -0.200. The number of fused-ring (bicyclic) bond motifs is 1. The molecule has 2 N–H and O–H groups in total. The maximum Gasteiger partial charge on any atom is 0.0900 e. The minimum absolute atomic E-state index is 0.00874. The lowest BCUT2D eigenvalue weighted by Gasteiger charge is -2.47. The van der Waals surface area contributed by atoms with Crippen LogP contribution in [0.1, 0.15) is 39.0 Å². The van der Waals surface area contributed by atoms with E-state index in [1.807, 2.05) is 6.92 Å². The summed E-state index contributed by atoms with van der Waals surface area (Å²) in [6, 6.07) is 0. The second-order valence-electron chi connectivity index (χ2n) is 6.81. The van der Waals surface area contributed by atoms with Crippen LogP contribution in [0.4, 0.5) is 0 Å². The van der Waals surface area contributed by atoms with Crippen molar-refractivity contribution in [3.8, 4) is 0 Å². The maximum absolute atomic E-state index is 10.7. The first-order valence-corrected chi connectivity index (χ1v) is 8.27. The number of piperidine rings is 1. The van der Waals surface area contributed by atoms with Crippen LogP contribution >= 0.6 is 0 Å². The molecule has 21 heavy (non-hydrogen) atoms. The summed E-state index contributed by atoms with van der Waals surface area (Å²) in [5.74, 6) is 0.375. The van der Waals surface area contributed by atoms with Gasteiger partial charge in [0.25, 0.3) is 0 Å². The summed E-state index contributed by atoms with van der Waals surface area (Å²) in [4.78, 5) is 2.28. The number of aliphatic hydroxyl groups excluding tert-OH is 1. The number of ether oxygens (including phenoxy) is 2. The zero-order chi connectivity index (χ0) is 15.3. The van der Waals surface area contributed by atoms with Crippen molar-refractivity contribution in [3.63, 3.8) is 0 Å². The highest BCUT2D eigenvalue weighted by Crippen LogP contribution is 2.39. The lowest BCUT2D eigenvalue weighted by molar-refractivity contribution is -0.105. The molecule has 2 fully saturated rings. The van der Waals surface area contributed by atoms with Crippen molar-refractivity contribution < 1.29 is 19.7 Å². The quantitative estimate of drug-likeness (QED) is 0.735. The van der Waals surface area contributed by atoms with Gasteiger partial charge in [0.2, 0.25) is 0 Å². The molecule has 0 aromatic heterocycles. The molecule has 0 radical (unpaired) electrons. The number of hydrogen-bond donors (Lipinski definition) is 2. The Kier molecular flexibility index (Phi) is 6.44. The van der Waals surface area contributed by atoms with E-state index in [-0.39, 0.29) is 6.10 Å². The first-order valence-electron chi connectivity index (χ1n) is 8.27. The molecule has 2 aliphatic rings. The summed E-state index contributed by atoms with van der Waals surface area (Å²) < 4.78 is 10.6. The Morgan fingerprint density at radius 2 is 2.10 bits per heavy atom. The molecule has 4 atom stereocenters. The van der Waals surface area contributed by atoms with Gasteiger partial charge in [-0.15, -0.1) is 0 Å². The molecule has 0 aromatic carbocycles. The summed E-state index contributed by atoms with van der Waals surface area (Å²) in [5, 5.41) is 20.8. The smallest absolute Gasteiger partial charge is 0.0900 e. The van der Waals surface area contributed by atoms with Crippen LogP contribution < -0.4 is 0 Å². The highest BCUT2D eigenvalue weighted by molar-refractivity contribution is 4.95. The summed E-state index contributed by atoms with van der Waals surface area (Å²) in [5.41, 5.74) is -0.441. The van der Waals surface area contributed by atoms with Crippen LogP contribution in [-0.4, -0.2) is 72.9 Å². The molecule has 0 spiro atoms. The van der Waals surface area contributed by atoms with E-state index in [2.05, 4.69) is 4.90 Å². The van der Waals surface area contributed by atoms with E-state index in [0.29, 0.717) is 25.7 Å². The predicted octanol–water partition coefficient (Wildman–Crippen LogP) is 1.03.